The van der Waals surface area contributed by atoms with Gasteiger partial charge in [0.15, 0.2) is 0 Å². The quantitative estimate of drug-likeness (QED) is 0.793. The SMILES string of the molecule is CCNC(=O)Nc1cccc(F)c1C(=O)NCc1ccco1. The highest BCUT2D eigenvalue weighted by atomic mass is 19.1. The third kappa shape index (κ3) is 3.85. The first-order chi connectivity index (χ1) is 10.6. The molecule has 0 bridgehead atoms. The molecule has 0 atom stereocenters. The molecular weight excluding hydrogens is 289 g/mol. The zero-order valence-corrected chi connectivity index (χ0v) is 12.0. The highest BCUT2D eigenvalue weighted by Crippen LogP contribution is 2.19. The molecule has 0 radical (unpaired) electrons. The second-order valence-corrected chi connectivity index (χ2v) is 4.41. The van der Waals surface area contributed by atoms with Gasteiger partial charge in [0.05, 0.1) is 24.1 Å². The summed E-state index contributed by atoms with van der Waals surface area (Å²) in [5.74, 6) is -0.810. The molecule has 0 unspecified atom stereocenters. The van der Waals surface area contributed by atoms with Crippen LogP contribution in [0.15, 0.2) is 41.0 Å². The lowest BCUT2D eigenvalue weighted by molar-refractivity contribution is 0.0945. The van der Waals surface area contributed by atoms with Crippen LogP contribution < -0.4 is 16.0 Å². The van der Waals surface area contributed by atoms with Gasteiger partial charge in [-0.05, 0) is 31.2 Å². The van der Waals surface area contributed by atoms with E-state index in [0.717, 1.165) is 6.07 Å². The molecule has 22 heavy (non-hydrogen) atoms. The maximum Gasteiger partial charge on any atom is 0.319 e. The summed E-state index contributed by atoms with van der Waals surface area (Å²) in [4.78, 5) is 23.7. The first kappa shape index (κ1) is 15.6. The third-order valence-electron chi connectivity index (χ3n) is 2.83. The minimum absolute atomic E-state index is 0.0999. The van der Waals surface area contributed by atoms with E-state index in [1.807, 2.05) is 0 Å². The molecule has 0 aliphatic carbocycles. The van der Waals surface area contributed by atoms with Crippen molar-refractivity contribution in [3.05, 3.63) is 53.7 Å². The van der Waals surface area contributed by atoms with Crippen LogP contribution in [-0.4, -0.2) is 18.5 Å². The number of amides is 3. The monoisotopic (exact) mass is 305 g/mol. The fourth-order valence-corrected chi connectivity index (χ4v) is 1.86. The van der Waals surface area contributed by atoms with Crippen molar-refractivity contribution in [3.8, 4) is 0 Å². The van der Waals surface area contributed by atoms with E-state index < -0.39 is 17.8 Å². The van der Waals surface area contributed by atoms with Crippen LogP contribution >= 0.6 is 0 Å². The Balaban J connectivity index is 2.14. The van der Waals surface area contributed by atoms with Crippen molar-refractivity contribution in [2.45, 2.75) is 13.5 Å². The number of hydrogen-bond acceptors (Lipinski definition) is 3. The van der Waals surface area contributed by atoms with Crippen LogP contribution in [0.3, 0.4) is 0 Å². The maximum absolute atomic E-state index is 13.9. The Morgan fingerprint density at radius 1 is 1.18 bits per heavy atom. The second-order valence-electron chi connectivity index (χ2n) is 4.41. The lowest BCUT2D eigenvalue weighted by Crippen LogP contribution is -2.30. The molecule has 3 amide bonds. The molecule has 0 spiro atoms. The number of benzene rings is 1. The Morgan fingerprint density at radius 3 is 2.68 bits per heavy atom. The van der Waals surface area contributed by atoms with E-state index in [4.69, 9.17) is 4.42 Å². The average molecular weight is 305 g/mol. The number of carbonyl (C=O) groups excluding carboxylic acids is 2. The van der Waals surface area contributed by atoms with E-state index in [1.165, 1.54) is 18.4 Å². The van der Waals surface area contributed by atoms with Gasteiger partial charge in [0.25, 0.3) is 5.91 Å². The lowest BCUT2D eigenvalue weighted by atomic mass is 10.1. The van der Waals surface area contributed by atoms with Crippen LogP contribution in [0.4, 0.5) is 14.9 Å². The first-order valence-corrected chi connectivity index (χ1v) is 6.75. The van der Waals surface area contributed by atoms with Gasteiger partial charge in [-0.25, -0.2) is 9.18 Å². The van der Waals surface area contributed by atoms with Crippen molar-refractivity contribution in [2.75, 3.05) is 11.9 Å². The number of rotatable bonds is 5. The van der Waals surface area contributed by atoms with Crippen molar-refractivity contribution >= 4 is 17.6 Å². The van der Waals surface area contributed by atoms with Gasteiger partial charge < -0.3 is 20.4 Å². The summed E-state index contributed by atoms with van der Waals surface area (Å²) in [6.45, 7) is 2.30. The molecule has 2 rings (SSSR count). The van der Waals surface area contributed by atoms with Crippen LogP contribution in [0.1, 0.15) is 23.0 Å². The zero-order chi connectivity index (χ0) is 15.9. The third-order valence-corrected chi connectivity index (χ3v) is 2.83. The van der Waals surface area contributed by atoms with Crippen molar-refractivity contribution in [1.82, 2.24) is 10.6 Å². The van der Waals surface area contributed by atoms with Gasteiger partial charge in [0.2, 0.25) is 0 Å². The summed E-state index contributed by atoms with van der Waals surface area (Å²) < 4.78 is 19.0. The van der Waals surface area contributed by atoms with Crippen LogP contribution in [0.2, 0.25) is 0 Å². The van der Waals surface area contributed by atoms with Crippen molar-refractivity contribution in [3.63, 3.8) is 0 Å². The van der Waals surface area contributed by atoms with E-state index in [2.05, 4.69) is 16.0 Å². The largest absolute Gasteiger partial charge is 0.467 e. The van der Waals surface area contributed by atoms with Gasteiger partial charge in [0.1, 0.15) is 11.6 Å². The van der Waals surface area contributed by atoms with Gasteiger partial charge in [-0.3, -0.25) is 4.79 Å². The molecule has 6 nitrogen and oxygen atoms in total. The van der Waals surface area contributed by atoms with Gasteiger partial charge in [-0.2, -0.15) is 0 Å². The lowest BCUT2D eigenvalue weighted by Gasteiger charge is -2.12. The first-order valence-electron chi connectivity index (χ1n) is 6.75. The van der Waals surface area contributed by atoms with Crippen LogP contribution in [0.5, 0.6) is 0 Å². The number of urea groups is 1. The molecule has 0 saturated heterocycles. The Kier molecular flexibility index (Phi) is 5.13. The number of nitrogens with one attached hydrogen (secondary N) is 3. The number of furan rings is 1. The molecule has 1 heterocycles. The molecular formula is C15H16FN3O3. The van der Waals surface area contributed by atoms with Gasteiger partial charge in [0, 0.05) is 6.54 Å². The topological polar surface area (TPSA) is 83.4 Å². The minimum atomic E-state index is -0.716. The molecule has 3 N–H and O–H groups in total. The van der Waals surface area contributed by atoms with E-state index in [-0.39, 0.29) is 17.8 Å². The summed E-state index contributed by atoms with van der Waals surface area (Å²) >= 11 is 0. The molecule has 0 saturated carbocycles. The highest BCUT2D eigenvalue weighted by Gasteiger charge is 2.18. The fourth-order valence-electron chi connectivity index (χ4n) is 1.86. The molecule has 0 fully saturated rings. The highest BCUT2D eigenvalue weighted by molar-refractivity contribution is 6.03. The van der Waals surface area contributed by atoms with Crippen LogP contribution in [-0.2, 0) is 6.54 Å². The van der Waals surface area contributed by atoms with E-state index in [0.29, 0.717) is 12.3 Å². The standard InChI is InChI=1S/C15H16FN3O3/c1-2-17-15(21)19-12-7-3-6-11(16)13(12)14(20)18-9-10-5-4-8-22-10/h3-8H,2,9H2,1H3,(H,18,20)(H2,17,19,21). The Bertz CT molecular complexity index is 656. The number of hydrogen-bond donors (Lipinski definition) is 3. The fraction of sp³-hybridized carbons (Fsp3) is 0.200. The Morgan fingerprint density at radius 2 is 2.00 bits per heavy atom. The molecule has 7 heteroatoms. The zero-order valence-electron chi connectivity index (χ0n) is 12.0. The predicted molar refractivity (Wildman–Crippen MR) is 79.0 cm³/mol. The Hall–Kier alpha value is -2.83. The Labute approximate surface area is 126 Å². The normalized spacial score (nSPS) is 10.1. The number of carbonyl (C=O) groups is 2. The molecule has 0 aliphatic rings. The van der Waals surface area contributed by atoms with Crippen LogP contribution in [0, 0.1) is 5.82 Å². The summed E-state index contributed by atoms with van der Waals surface area (Å²) in [6, 6.07) is 6.90. The predicted octanol–water partition coefficient (Wildman–Crippen LogP) is 2.49. The van der Waals surface area contributed by atoms with Gasteiger partial charge in [-0.15, -0.1) is 0 Å². The average Bonchev–Trinajstić information content (AvgIpc) is 2.98. The van der Waals surface area contributed by atoms with Crippen LogP contribution in [0.25, 0.3) is 0 Å². The summed E-state index contributed by atoms with van der Waals surface area (Å²) in [6.07, 6.45) is 1.48. The van der Waals surface area contributed by atoms with E-state index in [1.54, 1.807) is 19.1 Å². The minimum Gasteiger partial charge on any atom is -0.467 e. The summed E-state index contributed by atoms with van der Waals surface area (Å²) in [7, 11) is 0. The smallest absolute Gasteiger partial charge is 0.319 e. The van der Waals surface area contributed by atoms with E-state index >= 15 is 0 Å². The maximum atomic E-state index is 13.9. The summed E-state index contributed by atoms with van der Waals surface area (Å²) in [5.41, 5.74) is -0.122. The van der Waals surface area contributed by atoms with Crippen molar-refractivity contribution < 1.29 is 18.4 Å². The molecule has 116 valence electrons. The molecule has 1 aromatic heterocycles. The number of halogens is 1. The second kappa shape index (κ2) is 7.26. The molecule has 1 aromatic carbocycles. The molecule has 2 aromatic rings. The van der Waals surface area contributed by atoms with Gasteiger partial charge in [-0.1, -0.05) is 6.07 Å². The van der Waals surface area contributed by atoms with Crippen molar-refractivity contribution in [2.24, 2.45) is 0 Å². The molecule has 0 aliphatic heterocycles. The van der Waals surface area contributed by atoms with Gasteiger partial charge >= 0.3 is 6.03 Å². The van der Waals surface area contributed by atoms with Crippen molar-refractivity contribution in [1.29, 1.82) is 0 Å². The number of anilines is 1. The summed E-state index contributed by atoms with van der Waals surface area (Å²) in [5, 5.41) is 7.51. The van der Waals surface area contributed by atoms with E-state index in [9.17, 15) is 14.0 Å².